The van der Waals surface area contributed by atoms with E-state index in [0.717, 1.165) is 36.0 Å². The number of rotatable bonds is 13. The quantitative estimate of drug-likeness (QED) is 0.331. The Balaban J connectivity index is 2.15. The van der Waals surface area contributed by atoms with Crippen molar-refractivity contribution in [1.29, 1.82) is 0 Å². The highest BCUT2D eigenvalue weighted by molar-refractivity contribution is 5.66. The summed E-state index contributed by atoms with van der Waals surface area (Å²) in [5, 5.41) is 0. The van der Waals surface area contributed by atoms with Gasteiger partial charge in [0.15, 0.2) is 5.79 Å². The average Bonchev–Trinajstić information content (AvgIpc) is 3.21. The first-order valence-corrected chi connectivity index (χ1v) is 11.1. The van der Waals surface area contributed by atoms with Crippen LogP contribution >= 0.6 is 0 Å². The van der Waals surface area contributed by atoms with Crippen molar-refractivity contribution in [3.63, 3.8) is 0 Å². The average molecular weight is 435 g/mol. The maximum absolute atomic E-state index is 11.0. The van der Waals surface area contributed by atoms with E-state index in [1.807, 2.05) is 31.2 Å². The Hall–Kier alpha value is -1.73. The molecule has 6 heteroatoms. The fourth-order valence-corrected chi connectivity index (χ4v) is 4.18. The minimum absolute atomic E-state index is 0.0151. The molecule has 0 aromatic heterocycles. The van der Waals surface area contributed by atoms with Crippen LogP contribution in [-0.2, 0) is 30.3 Å². The molecular weight excluding hydrogens is 396 g/mol. The molecule has 0 aliphatic carbocycles. The van der Waals surface area contributed by atoms with Crippen LogP contribution in [0.5, 0.6) is 5.75 Å². The van der Waals surface area contributed by atoms with Gasteiger partial charge in [-0.05, 0) is 49.1 Å². The summed E-state index contributed by atoms with van der Waals surface area (Å²) < 4.78 is 29.7. The molecule has 4 atom stereocenters. The second-order valence-corrected chi connectivity index (χ2v) is 8.16. The Morgan fingerprint density at radius 1 is 1.23 bits per heavy atom. The standard InChI is InChI=1S/C25H38O6/c1-7-25(8-2)30-17-22(31-25)15-23(19(4)24(28-6)18(3)13-14-26)29-16-20-9-11-21(27-5)12-10-20/h9-14,19,22-24H,7-8,15-17H2,1-6H3/b18-13+/t19-,22-,23-,24-/m0/s1. The molecule has 0 spiro atoms. The van der Waals surface area contributed by atoms with Gasteiger partial charge in [0.05, 0.1) is 38.6 Å². The smallest absolute Gasteiger partial charge is 0.168 e. The number of carbonyl (C=O) groups excluding carboxylic acids is 1. The zero-order valence-electron chi connectivity index (χ0n) is 19.8. The van der Waals surface area contributed by atoms with Crippen molar-refractivity contribution < 1.29 is 28.5 Å². The molecule has 1 aliphatic heterocycles. The van der Waals surface area contributed by atoms with Crippen LogP contribution in [0.25, 0.3) is 0 Å². The molecule has 2 rings (SSSR count). The van der Waals surface area contributed by atoms with Crippen molar-refractivity contribution in [3.05, 3.63) is 41.5 Å². The molecule has 1 aromatic carbocycles. The van der Waals surface area contributed by atoms with Crippen LogP contribution in [0, 0.1) is 5.92 Å². The van der Waals surface area contributed by atoms with Gasteiger partial charge in [-0.1, -0.05) is 32.9 Å². The van der Waals surface area contributed by atoms with Gasteiger partial charge in [-0.2, -0.15) is 0 Å². The van der Waals surface area contributed by atoms with E-state index < -0.39 is 5.79 Å². The summed E-state index contributed by atoms with van der Waals surface area (Å²) in [6, 6.07) is 7.86. The van der Waals surface area contributed by atoms with E-state index in [1.165, 1.54) is 0 Å². The van der Waals surface area contributed by atoms with Gasteiger partial charge in [-0.15, -0.1) is 0 Å². The lowest BCUT2D eigenvalue weighted by Crippen LogP contribution is -2.37. The van der Waals surface area contributed by atoms with Crippen LogP contribution in [0.3, 0.4) is 0 Å². The molecule has 0 amide bonds. The molecule has 0 N–H and O–H groups in total. The fourth-order valence-electron chi connectivity index (χ4n) is 4.18. The number of aldehydes is 1. The monoisotopic (exact) mass is 434 g/mol. The van der Waals surface area contributed by atoms with Gasteiger partial charge in [0.2, 0.25) is 0 Å². The second-order valence-electron chi connectivity index (χ2n) is 8.16. The first kappa shape index (κ1) is 25.5. The zero-order chi connectivity index (χ0) is 22.9. The minimum Gasteiger partial charge on any atom is -0.497 e. The molecule has 0 bridgehead atoms. The highest BCUT2D eigenvalue weighted by atomic mass is 16.7. The minimum atomic E-state index is -0.498. The summed E-state index contributed by atoms with van der Waals surface area (Å²) in [7, 11) is 3.32. The van der Waals surface area contributed by atoms with Crippen molar-refractivity contribution in [2.24, 2.45) is 5.92 Å². The number of hydrogen-bond acceptors (Lipinski definition) is 6. The molecule has 0 radical (unpaired) electrons. The Bertz CT molecular complexity index is 694. The van der Waals surface area contributed by atoms with Crippen molar-refractivity contribution in [1.82, 2.24) is 0 Å². The highest BCUT2D eigenvalue weighted by Crippen LogP contribution is 2.34. The normalized spacial score (nSPS) is 21.5. The molecule has 174 valence electrons. The largest absolute Gasteiger partial charge is 0.497 e. The summed E-state index contributed by atoms with van der Waals surface area (Å²) in [6.45, 7) is 9.19. The van der Waals surface area contributed by atoms with Gasteiger partial charge in [0, 0.05) is 19.4 Å². The van der Waals surface area contributed by atoms with Gasteiger partial charge in [-0.3, -0.25) is 4.79 Å². The zero-order valence-corrected chi connectivity index (χ0v) is 19.8. The van der Waals surface area contributed by atoms with Crippen molar-refractivity contribution in [2.45, 2.75) is 77.7 Å². The molecule has 1 aromatic rings. The van der Waals surface area contributed by atoms with Crippen molar-refractivity contribution in [3.8, 4) is 5.75 Å². The first-order valence-electron chi connectivity index (χ1n) is 11.1. The molecule has 1 heterocycles. The lowest BCUT2D eigenvalue weighted by molar-refractivity contribution is -0.176. The van der Waals surface area contributed by atoms with Crippen molar-refractivity contribution in [2.75, 3.05) is 20.8 Å². The predicted molar refractivity (Wildman–Crippen MR) is 120 cm³/mol. The van der Waals surface area contributed by atoms with E-state index in [4.69, 9.17) is 23.7 Å². The van der Waals surface area contributed by atoms with Crippen LogP contribution in [0.15, 0.2) is 35.9 Å². The maximum atomic E-state index is 11.0. The fraction of sp³-hybridized carbons (Fsp3) is 0.640. The Kier molecular flexibility index (Phi) is 10.2. The van der Waals surface area contributed by atoms with E-state index in [0.29, 0.717) is 19.6 Å². The van der Waals surface area contributed by atoms with E-state index in [9.17, 15) is 4.79 Å². The topological polar surface area (TPSA) is 63.2 Å². The second kappa shape index (κ2) is 12.3. The van der Waals surface area contributed by atoms with Gasteiger partial charge >= 0.3 is 0 Å². The lowest BCUT2D eigenvalue weighted by atomic mass is 9.89. The number of allylic oxidation sites excluding steroid dienone is 1. The Morgan fingerprint density at radius 2 is 1.90 bits per heavy atom. The molecule has 31 heavy (non-hydrogen) atoms. The third-order valence-corrected chi connectivity index (χ3v) is 6.21. The van der Waals surface area contributed by atoms with Crippen LogP contribution in [0.4, 0.5) is 0 Å². The highest BCUT2D eigenvalue weighted by Gasteiger charge is 2.40. The number of ether oxygens (including phenoxy) is 5. The van der Waals surface area contributed by atoms with Gasteiger partial charge in [0.1, 0.15) is 12.0 Å². The van der Waals surface area contributed by atoms with Crippen LogP contribution in [0.2, 0.25) is 0 Å². The van der Waals surface area contributed by atoms with Gasteiger partial charge in [0.25, 0.3) is 0 Å². The molecule has 1 aliphatic rings. The Morgan fingerprint density at radius 3 is 2.42 bits per heavy atom. The summed E-state index contributed by atoms with van der Waals surface area (Å²) in [6.07, 6.45) is 4.26. The van der Waals surface area contributed by atoms with Gasteiger partial charge in [-0.25, -0.2) is 0 Å². The molecule has 1 saturated heterocycles. The van der Waals surface area contributed by atoms with E-state index in [-0.39, 0.29) is 24.2 Å². The van der Waals surface area contributed by atoms with Crippen LogP contribution in [-0.4, -0.2) is 51.2 Å². The van der Waals surface area contributed by atoms with Crippen LogP contribution in [0.1, 0.15) is 52.5 Å². The molecular formula is C25H38O6. The first-order chi connectivity index (χ1) is 14.9. The Labute approximate surface area is 186 Å². The summed E-state index contributed by atoms with van der Waals surface area (Å²) >= 11 is 0. The van der Waals surface area contributed by atoms with E-state index in [2.05, 4.69) is 20.8 Å². The number of methoxy groups -OCH3 is 2. The summed E-state index contributed by atoms with van der Waals surface area (Å²) in [5.74, 6) is 0.332. The molecule has 6 nitrogen and oxygen atoms in total. The molecule has 0 saturated carbocycles. The predicted octanol–water partition coefficient (Wildman–Crippen LogP) is 4.70. The third kappa shape index (κ3) is 6.88. The van der Waals surface area contributed by atoms with Gasteiger partial charge < -0.3 is 23.7 Å². The van der Waals surface area contributed by atoms with E-state index >= 15 is 0 Å². The third-order valence-electron chi connectivity index (χ3n) is 6.21. The molecule has 1 fully saturated rings. The summed E-state index contributed by atoms with van der Waals surface area (Å²) in [5.41, 5.74) is 1.94. The van der Waals surface area contributed by atoms with Crippen molar-refractivity contribution >= 4 is 6.29 Å². The lowest BCUT2D eigenvalue weighted by Gasteiger charge is -2.32. The SMILES string of the molecule is CCC1(CC)OC[C@H](C[C@H](OCc2ccc(OC)cc2)[C@H](C)[C@@H](OC)/C(C)=C/C=O)O1. The number of carbonyl (C=O) groups is 1. The maximum Gasteiger partial charge on any atom is 0.168 e. The summed E-state index contributed by atoms with van der Waals surface area (Å²) in [4.78, 5) is 11.0. The molecule has 0 unspecified atom stereocenters. The van der Waals surface area contributed by atoms with E-state index in [1.54, 1.807) is 20.3 Å². The number of benzene rings is 1. The van der Waals surface area contributed by atoms with Crippen LogP contribution < -0.4 is 4.74 Å². The number of hydrogen-bond donors (Lipinski definition) is 0.